The number of aromatic nitrogens is 2. The van der Waals surface area contributed by atoms with E-state index < -0.39 is 5.97 Å². The number of piperazine rings is 1. The summed E-state index contributed by atoms with van der Waals surface area (Å²) >= 11 is 0. The van der Waals surface area contributed by atoms with Crippen LogP contribution < -0.4 is 10.2 Å². The summed E-state index contributed by atoms with van der Waals surface area (Å²) in [5, 5.41) is 11.4. The van der Waals surface area contributed by atoms with Crippen molar-refractivity contribution in [2.24, 2.45) is 0 Å². The second kappa shape index (κ2) is 5.98. The number of amides is 1. The van der Waals surface area contributed by atoms with Crippen LogP contribution >= 0.6 is 0 Å². The summed E-state index contributed by atoms with van der Waals surface area (Å²) in [6.45, 7) is 2.34. The third kappa shape index (κ3) is 3.30. The van der Waals surface area contributed by atoms with Gasteiger partial charge in [0.25, 0.3) is 0 Å². The summed E-state index contributed by atoms with van der Waals surface area (Å²) in [6.07, 6.45) is 3.90. The van der Waals surface area contributed by atoms with Crippen molar-refractivity contribution in [2.75, 3.05) is 42.9 Å². The molecule has 1 fully saturated rings. The Kier molecular flexibility index (Phi) is 4.11. The van der Waals surface area contributed by atoms with Gasteiger partial charge >= 0.3 is 5.97 Å². The SMILES string of the molecule is O=CN1CCN(c2nccnc2NCC(=O)O)CC1. The molecule has 1 aliphatic heterocycles. The molecule has 0 bridgehead atoms. The molecule has 1 aliphatic rings. The highest BCUT2D eigenvalue weighted by Crippen LogP contribution is 2.20. The highest BCUT2D eigenvalue weighted by Gasteiger charge is 2.19. The molecule has 0 saturated carbocycles. The first-order valence-corrected chi connectivity index (χ1v) is 5.91. The Morgan fingerprint density at radius 1 is 1.32 bits per heavy atom. The zero-order valence-electron chi connectivity index (χ0n) is 10.3. The molecule has 2 heterocycles. The third-order valence-corrected chi connectivity index (χ3v) is 2.85. The molecule has 0 aliphatic carbocycles. The zero-order valence-corrected chi connectivity index (χ0v) is 10.3. The van der Waals surface area contributed by atoms with Crippen LogP contribution in [0.1, 0.15) is 0 Å². The molecular weight excluding hydrogens is 250 g/mol. The zero-order chi connectivity index (χ0) is 13.7. The summed E-state index contributed by atoms with van der Waals surface area (Å²) in [6, 6.07) is 0. The molecule has 1 saturated heterocycles. The predicted octanol–water partition coefficient (Wildman–Crippen LogP) is -0.748. The maximum Gasteiger partial charge on any atom is 0.322 e. The molecule has 0 aromatic carbocycles. The summed E-state index contributed by atoms with van der Waals surface area (Å²) in [5.74, 6) is 0.112. The molecule has 102 valence electrons. The number of nitrogens with zero attached hydrogens (tertiary/aromatic N) is 4. The molecule has 8 nitrogen and oxygen atoms in total. The Labute approximate surface area is 110 Å². The Morgan fingerprint density at radius 2 is 2.00 bits per heavy atom. The van der Waals surface area contributed by atoms with Crippen molar-refractivity contribution in [1.82, 2.24) is 14.9 Å². The van der Waals surface area contributed by atoms with Crippen LogP contribution in [0.3, 0.4) is 0 Å². The van der Waals surface area contributed by atoms with Crippen molar-refractivity contribution in [2.45, 2.75) is 0 Å². The van der Waals surface area contributed by atoms with Gasteiger partial charge in [0.15, 0.2) is 11.6 Å². The smallest absolute Gasteiger partial charge is 0.322 e. The number of anilines is 2. The number of hydrogen-bond acceptors (Lipinski definition) is 6. The number of rotatable bonds is 5. The fraction of sp³-hybridized carbons (Fsp3) is 0.455. The van der Waals surface area contributed by atoms with Crippen LogP contribution in [0.4, 0.5) is 11.6 Å². The van der Waals surface area contributed by atoms with Crippen LogP contribution in [0.2, 0.25) is 0 Å². The molecule has 8 heteroatoms. The summed E-state index contributed by atoms with van der Waals surface area (Å²) < 4.78 is 0. The largest absolute Gasteiger partial charge is 0.480 e. The summed E-state index contributed by atoms with van der Waals surface area (Å²) in [7, 11) is 0. The van der Waals surface area contributed by atoms with E-state index in [1.54, 1.807) is 11.1 Å². The van der Waals surface area contributed by atoms with E-state index in [0.29, 0.717) is 37.8 Å². The van der Waals surface area contributed by atoms with Gasteiger partial charge in [-0.2, -0.15) is 0 Å². The van der Waals surface area contributed by atoms with E-state index in [1.807, 2.05) is 4.90 Å². The van der Waals surface area contributed by atoms with Gasteiger partial charge in [-0.3, -0.25) is 9.59 Å². The minimum Gasteiger partial charge on any atom is -0.480 e. The molecule has 0 spiro atoms. The van der Waals surface area contributed by atoms with Gasteiger partial charge in [-0.1, -0.05) is 0 Å². The van der Waals surface area contributed by atoms with Crippen molar-refractivity contribution >= 4 is 24.0 Å². The quantitative estimate of drug-likeness (QED) is 0.676. The molecule has 0 atom stereocenters. The van der Waals surface area contributed by atoms with E-state index in [4.69, 9.17) is 5.11 Å². The predicted molar refractivity (Wildman–Crippen MR) is 68.0 cm³/mol. The molecular formula is C11H15N5O3. The maximum absolute atomic E-state index is 10.6. The van der Waals surface area contributed by atoms with Crippen molar-refractivity contribution < 1.29 is 14.7 Å². The average molecular weight is 265 g/mol. The van der Waals surface area contributed by atoms with Crippen LogP contribution in [0, 0.1) is 0 Å². The van der Waals surface area contributed by atoms with E-state index in [1.165, 1.54) is 6.20 Å². The third-order valence-electron chi connectivity index (χ3n) is 2.85. The summed E-state index contributed by atoms with van der Waals surface area (Å²) in [5.41, 5.74) is 0. The molecule has 0 radical (unpaired) electrons. The minimum atomic E-state index is -0.956. The number of carboxylic acids is 1. The standard InChI is InChI=1S/C11H15N5O3/c17-8-15-3-5-16(6-4-15)11-10(12-1-2-13-11)14-7-9(18)19/h1-2,8H,3-7H2,(H,12,14)(H,18,19). The second-order valence-corrected chi connectivity index (χ2v) is 4.10. The molecule has 0 unspecified atom stereocenters. The van der Waals surface area contributed by atoms with Gasteiger partial charge < -0.3 is 20.2 Å². The van der Waals surface area contributed by atoms with Gasteiger partial charge in [-0.15, -0.1) is 0 Å². The van der Waals surface area contributed by atoms with Crippen molar-refractivity contribution in [1.29, 1.82) is 0 Å². The van der Waals surface area contributed by atoms with E-state index in [9.17, 15) is 9.59 Å². The van der Waals surface area contributed by atoms with E-state index in [0.717, 1.165) is 6.41 Å². The van der Waals surface area contributed by atoms with Gasteiger partial charge in [0.1, 0.15) is 6.54 Å². The highest BCUT2D eigenvalue weighted by molar-refractivity contribution is 5.74. The molecule has 1 amide bonds. The lowest BCUT2D eigenvalue weighted by atomic mass is 10.3. The van der Waals surface area contributed by atoms with Gasteiger partial charge in [0.2, 0.25) is 6.41 Å². The lowest BCUT2D eigenvalue weighted by molar-refractivity contribution is -0.135. The Balaban J connectivity index is 2.07. The average Bonchev–Trinajstić information content (AvgIpc) is 2.45. The van der Waals surface area contributed by atoms with Crippen LogP contribution in [0.15, 0.2) is 12.4 Å². The van der Waals surface area contributed by atoms with Crippen molar-refractivity contribution in [3.05, 3.63) is 12.4 Å². The Bertz CT molecular complexity index is 459. The number of nitrogens with one attached hydrogen (secondary N) is 1. The Hall–Kier alpha value is -2.38. The number of carbonyl (C=O) groups is 2. The topological polar surface area (TPSA) is 98.7 Å². The molecule has 19 heavy (non-hydrogen) atoms. The first kappa shape index (κ1) is 13.1. The number of carbonyl (C=O) groups excluding carboxylic acids is 1. The van der Waals surface area contributed by atoms with Crippen LogP contribution in [-0.2, 0) is 9.59 Å². The van der Waals surface area contributed by atoms with Crippen molar-refractivity contribution in [3.63, 3.8) is 0 Å². The lowest BCUT2D eigenvalue weighted by Crippen LogP contribution is -2.46. The molecule has 2 rings (SSSR count). The highest BCUT2D eigenvalue weighted by atomic mass is 16.4. The fourth-order valence-electron chi connectivity index (χ4n) is 1.89. The first-order chi connectivity index (χ1) is 9.20. The summed E-state index contributed by atoms with van der Waals surface area (Å²) in [4.78, 5) is 33.2. The number of aliphatic carboxylic acids is 1. The van der Waals surface area contributed by atoms with E-state index in [-0.39, 0.29) is 6.54 Å². The van der Waals surface area contributed by atoms with Crippen LogP contribution in [0.25, 0.3) is 0 Å². The van der Waals surface area contributed by atoms with Gasteiger partial charge in [0, 0.05) is 38.6 Å². The molecule has 1 aromatic heterocycles. The molecule has 2 N–H and O–H groups in total. The first-order valence-electron chi connectivity index (χ1n) is 5.91. The van der Waals surface area contributed by atoms with Gasteiger partial charge in [-0.25, -0.2) is 9.97 Å². The maximum atomic E-state index is 10.6. The monoisotopic (exact) mass is 265 g/mol. The number of hydrogen-bond donors (Lipinski definition) is 2. The van der Waals surface area contributed by atoms with E-state index >= 15 is 0 Å². The van der Waals surface area contributed by atoms with Gasteiger partial charge in [0.05, 0.1) is 0 Å². The fourth-order valence-corrected chi connectivity index (χ4v) is 1.89. The van der Waals surface area contributed by atoms with E-state index in [2.05, 4.69) is 15.3 Å². The second-order valence-electron chi connectivity index (χ2n) is 4.10. The van der Waals surface area contributed by atoms with Crippen LogP contribution in [0.5, 0.6) is 0 Å². The lowest BCUT2D eigenvalue weighted by Gasteiger charge is -2.33. The van der Waals surface area contributed by atoms with Crippen molar-refractivity contribution in [3.8, 4) is 0 Å². The van der Waals surface area contributed by atoms with Crippen LogP contribution in [-0.4, -0.2) is 65.1 Å². The molecule has 1 aromatic rings. The van der Waals surface area contributed by atoms with Gasteiger partial charge in [-0.05, 0) is 0 Å². The Morgan fingerprint density at radius 3 is 2.63 bits per heavy atom. The number of carboxylic acid groups (broad SMARTS) is 1. The minimum absolute atomic E-state index is 0.208. The normalized spacial score (nSPS) is 15.2.